The second-order valence-electron chi connectivity index (χ2n) is 4.23. The minimum absolute atomic E-state index is 0.0833. The van der Waals surface area contributed by atoms with Gasteiger partial charge >= 0.3 is 5.97 Å². The molecule has 1 aromatic rings. The minimum atomic E-state index is -0.893. The third-order valence-electron chi connectivity index (χ3n) is 2.71. The third kappa shape index (κ3) is 4.21. The van der Waals surface area contributed by atoms with Crippen LogP contribution in [0.5, 0.6) is 0 Å². The fourth-order valence-electron chi connectivity index (χ4n) is 1.55. The third-order valence-corrected chi connectivity index (χ3v) is 2.71. The largest absolute Gasteiger partial charge is 0.481 e. The molecule has 102 valence electrons. The molecule has 0 fully saturated rings. The lowest BCUT2D eigenvalue weighted by atomic mass is 10.1. The first-order valence-electron chi connectivity index (χ1n) is 5.81. The smallest absolute Gasteiger partial charge is 0.306 e. The van der Waals surface area contributed by atoms with Crippen LogP contribution >= 0.6 is 0 Å². The van der Waals surface area contributed by atoms with E-state index in [4.69, 9.17) is 10.4 Å². The van der Waals surface area contributed by atoms with E-state index in [0.29, 0.717) is 12.8 Å². The quantitative estimate of drug-likeness (QED) is 0.778. The number of carboxylic acid groups (broad SMARTS) is 1. The molecule has 1 aromatic carbocycles. The molecule has 1 atom stereocenters. The maximum Gasteiger partial charge on any atom is 0.306 e. The van der Waals surface area contributed by atoms with Gasteiger partial charge < -0.3 is 10.4 Å². The fourth-order valence-corrected chi connectivity index (χ4v) is 1.55. The summed E-state index contributed by atoms with van der Waals surface area (Å²) in [6, 6.07) is 3.56. The lowest BCUT2D eigenvalue weighted by molar-refractivity contribution is -0.141. The summed E-state index contributed by atoms with van der Waals surface area (Å²) in [6.45, 7) is 1.84. The molecule has 1 unspecified atom stereocenters. The van der Waals surface area contributed by atoms with Crippen LogP contribution in [-0.2, 0) is 4.79 Å². The molecule has 0 aliphatic carbocycles. The zero-order valence-corrected chi connectivity index (χ0v) is 10.4. The van der Waals surface area contributed by atoms with Gasteiger partial charge in [-0.15, -0.1) is 0 Å². The zero-order chi connectivity index (χ0) is 14.4. The number of carboxylic acids is 1. The van der Waals surface area contributed by atoms with E-state index >= 15 is 0 Å². The Labute approximate surface area is 109 Å². The summed E-state index contributed by atoms with van der Waals surface area (Å²) in [6.07, 6.45) is 0.897. The Bertz CT molecular complexity index is 489. The van der Waals surface area contributed by atoms with Crippen molar-refractivity contribution < 1.29 is 18.7 Å². The summed E-state index contributed by atoms with van der Waals surface area (Å²) in [7, 11) is 0. The highest BCUT2D eigenvalue weighted by Gasteiger charge is 2.12. The van der Waals surface area contributed by atoms with Crippen molar-refractivity contribution in [1.82, 2.24) is 0 Å². The second kappa shape index (κ2) is 6.69. The van der Waals surface area contributed by atoms with Crippen LogP contribution in [0.15, 0.2) is 12.1 Å². The van der Waals surface area contributed by atoms with Gasteiger partial charge in [-0.25, -0.2) is 8.78 Å². The standard InChI is InChI=1S/C13H14F2N2O2/c1-8(13(18)19)3-2-4-17-12-10(14)5-9(7-16)6-11(12)15/h5-6,8,17H,2-4H2,1H3,(H,18,19). The molecule has 1 rings (SSSR count). The summed E-state index contributed by atoms with van der Waals surface area (Å²) < 4.78 is 26.9. The molecule has 0 radical (unpaired) electrons. The number of aliphatic carboxylic acids is 1. The number of benzene rings is 1. The summed E-state index contributed by atoms with van der Waals surface area (Å²) in [5.74, 6) is -3.04. The van der Waals surface area contributed by atoms with Crippen molar-refractivity contribution in [3.05, 3.63) is 29.3 Å². The summed E-state index contributed by atoms with van der Waals surface area (Å²) >= 11 is 0. The highest BCUT2D eigenvalue weighted by molar-refractivity contribution is 5.69. The van der Waals surface area contributed by atoms with Gasteiger partial charge in [-0.2, -0.15) is 5.26 Å². The number of hydrogen-bond acceptors (Lipinski definition) is 3. The van der Waals surface area contributed by atoms with Crippen LogP contribution < -0.4 is 5.32 Å². The van der Waals surface area contributed by atoms with Crippen LogP contribution in [0, 0.1) is 28.9 Å². The van der Waals surface area contributed by atoms with E-state index in [1.807, 2.05) is 0 Å². The van der Waals surface area contributed by atoms with Crippen LogP contribution in [0.3, 0.4) is 0 Å². The molecule has 2 N–H and O–H groups in total. The Morgan fingerprint density at radius 2 is 2.05 bits per heavy atom. The maximum atomic E-state index is 13.5. The van der Waals surface area contributed by atoms with E-state index < -0.39 is 23.5 Å². The van der Waals surface area contributed by atoms with Crippen molar-refractivity contribution >= 4 is 11.7 Å². The fraction of sp³-hybridized carbons (Fsp3) is 0.385. The molecule has 0 bridgehead atoms. The topological polar surface area (TPSA) is 73.1 Å². The highest BCUT2D eigenvalue weighted by atomic mass is 19.1. The lowest BCUT2D eigenvalue weighted by Gasteiger charge is -2.10. The monoisotopic (exact) mass is 268 g/mol. The summed E-state index contributed by atoms with van der Waals surface area (Å²) in [5.41, 5.74) is -0.373. The van der Waals surface area contributed by atoms with Crippen molar-refractivity contribution in [2.75, 3.05) is 11.9 Å². The number of rotatable bonds is 6. The van der Waals surface area contributed by atoms with Crippen LogP contribution in [-0.4, -0.2) is 17.6 Å². The van der Waals surface area contributed by atoms with E-state index in [2.05, 4.69) is 5.32 Å². The van der Waals surface area contributed by atoms with Gasteiger partial charge in [0, 0.05) is 6.54 Å². The Morgan fingerprint density at radius 3 is 2.53 bits per heavy atom. The Balaban J connectivity index is 2.55. The van der Waals surface area contributed by atoms with E-state index in [9.17, 15) is 13.6 Å². The van der Waals surface area contributed by atoms with Gasteiger partial charge in [0.2, 0.25) is 0 Å². The molecule has 6 heteroatoms. The number of hydrogen-bond donors (Lipinski definition) is 2. The Hall–Kier alpha value is -2.16. The van der Waals surface area contributed by atoms with Gasteiger partial charge in [0.05, 0.1) is 17.6 Å². The van der Waals surface area contributed by atoms with E-state index in [0.717, 1.165) is 12.1 Å². The minimum Gasteiger partial charge on any atom is -0.481 e. The van der Waals surface area contributed by atoms with Gasteiger partial charge in [0.1, 0.15) is 5.69 Å². The van der Waals surface area contributed by atoms with E-state index in [1.165, 1.54) is 0 Å². The molecule has 0 aliphatic heterocycles. The Kier molecular flexibility index (Phi) is 5.24. The first kappa shape index (κ1) is 14.9. The van der Waals surface area contributed by atoms with E-state index in [1.54, 1.807) is 13.0 Å². The van der Waals surface area contributed by atoms with Crippen molar-refractivity contribution in [3.63, 3.8) is 0 Å². The number of halogens is 2. The first-order chi connectivity index (χ1) is 8.95. The van der Waals surface area contributed by atoms with Gasteiger partial charge in [-0.05, 0) is 25.0 Å². The molecular formula is C13H14F2N2O2. The maximum absolute atomic E-state index is 13.5. The van der Waals surface area contributed by atoms with Crippen LogP contribution in [0.4, 0.5) is 14.5 Å². The molecule has 0 saturated heterocycles. The second-order valence-corrected chi connectivity index (χ2v) is 4.23. The lowest BCUT2D eigenvalue weighted by Crippen LogP contribution is -2.12. The molecule has 0 amide bonds. The van der Waals surface area contributed by atoms with Crippen LogP contribution in [0.25, 0.3) is 0 Å². The first-order valence-corrected chi connectivity index (χ1v) is 5.81. The summed E-state index contributed by atoms with van der Waals surface area (Å²) in [5, 5.41) is 19.8. The van der Waals surface area contributed by atoms with Gasteiger partial charge in [0.25, 0.3) is 0 Å². The molecule has 0 aromatic heterocycles. The van der Waals surface area contributed by atoms with Crippen molar-refractivity contribution in [1.29, 1.82) is 5.26 Å². The molecule has 0 saturated carbocycles. The van der Waals surface area contributed by atoms with Gasteiger partial charge in [-0.3, -0.25) is 4.79 Å². The van der Waals surface area contributed by atoms with Crippen LogP contribution in [0.2, 0.25) is 0 Å². The zero-order valence-electron chi connectivity index (χ0n) is 10.4. The van der Waals surface area contributed by atoms with Crippen LogP contribution in [0.1, 0.15) is 25.3 Å². The number of nitrogens with zero attached hydrogens (tertiary/aromatic N) is 1. The van der Waals surface area contributed by atoms with Crippen molar-refractivity contribution in [2.24, 2.45) is 5.92 Å². The molecular weight excluding hydrogens is 254 g/mol. The van der Waals surface area contributed by atoms with Crippen molar-refractivity contribution in [2.45, 2.75) is 19.8 Å². The molecule has 0 spiro atoms. The number of nitrogens with one attached hydrogen (secondary N) is 1. The highest BCUT2D eigenvalue weighted by Crippen LogP contribution is 2.20. The molecule has 0 heterocycles. The van der Waals surface area contributed by atoms with Crippen molar-refractivity contribution in [3.8, 4) is 6.07 Å². The molecule has 0 aliphatic rings. The number of anilines is 1. The predicted molar refractivity (Wildman–Crippen MR) is 65.6 cm³/mol. The van der Waals surface area contributed by atoms with E-state index in [-0.39, 0.29) is 17.8 Å². The molecule has 19 heavy (non-hydrogen) atoms. The average molecular weight is 268 g/mol. The van der Waals surface area contributed by atoms with Gasteiger partial charge in [0.15, 0.2) is 11.6 Å². The Morgan fingerprint density at radius 1 is 1.47 bits per heavy atom. The SMILES string of the molecule is CC(CCCNc1c(F)cc(C#N)cc1F)C(=O)O. The predicted octanol–water partition coefficient (Wildman–Crippen LogP) is 2.75. The van der Waals surface area contributed by atoms with Gasteiger partial charge in [-0.1, -0.05) is 6.92 Å². The number of nitriles is 1. The molecule has 4 nitrogen and oxygen atoms in total. The number of carbonyl (C=O) groups is 1. The average Bonchev–Trinajstić information content (AvgIpc) is 2.36. The summed E-state index contributed by atoms with van der Waals surface area (Å²) in [4.78, 5) is 10.6. The normalized spacial score (nSPS) is 11.7.